The van der Waals surface area contributed by atoms with Crippen molar-refractivity contribution in [3.8, 4) is 17.2 Å². The summed E-state index contributed by atoms with van der Waals surface area (Å²) in [6, 6.07) is 20.1. The Hall–Kier alpha value is -3.65. The number of nitrogens with one attached hydrogen (secondary N) is 1. The van der Waals surface area contributed by atoms with Crippen LogP contribution in [-0.2, 0) is 4.79 Å². The predicted molar refractivity (Wildman–Crippen MR) is 128 cm³/mol. The van der Waals surface area contributed by atoms with Gasteiger partial charge in [-0.25, -0.2) is 0 Å². The first-order chi connectivity index (χ1) is 16.1. The quantitative estimate of drug-likeness (QED) is 0.602. The van der Waals surface area contributed by atoms with E-state index in [1.165, 1.54) is 0 Å². The summed E-state index contributed by atoms with van der Waals surface area (Å²) in [5, 5.41) is 2.73. The molecule has 0 radical (unpaired) electrons. The SMILES string of the molecule is COc1ccc(C(=O)Nc2cccc(C3SCC(=O)N3c3ccc4c(c3)OCCO4)c2)cc1. The molecule has 1 fully saturated rings. The molecule has 168 valence electrons. The first kappa shape index (κ1) is 21.2. The van der Waals surface area contributed by atoms with Crippen molar-refractivity contribution in [3.63, 3.8) is 0 Å². The van der Waals surface area contributed by atoms with Crippen LogP contribution >= 0.6 is 11.8 Å². The first-order valence-corrected chi connectivity index (χ1v) is 11.6. The van der Waals surface area contributed by atoms with E-state index in [2.05, 4.69) is 5.32 Å². The van der Waals surface area contributed by atoms with Crippen molar-refractivity contribution in [2.45, 2.75) is 5.37 Å². The zero-order chi connectivity index (χ0) is 22.8. The Labute approximate surface area is 195 Å². The van der Waals surface area contributed by atoms with Crippen LogP contribution in [0.4, 0.5) is 11.4 Å². The summed E-state index contributed by atoms with van der Waals surface area (Å²) >= 11 is 1.55. The Morgan fingerprint density at radius 2 is 1.82 bits per heavy atom. The van der Waals surface area contributed by atoms with Crippen LogP contribution in [0.15, 0.2) is 66.7 Å². The number of anilines is 2. The van der Waals surface area contributed by atoms with Gasteiger partial charge in [0, 0.05) is 23.0 Å². The molecule has 1 unspecified atom stereocenters. The van der Waals surface area contributed by atoms with Crippen LogP contribution < -0.4 is 24.4 Å². The maximum Gasteiger partial charge on any atom is 0.255 e. The number of hydrogen-bond acceptors (Lipinski definition) is 6. The molecule has 0 spiro atoms. The van der Waals surface area contributed by atoms with Crippen molar-refractivity contribution in [2.75, 3.05) is 36.3 Å². The highest BCUT2D eigenvalue weighted by atomic mass is 32.2. The summed E-state index contributed by atoms with van der Waals surface area (Å²) in [7, 11) is 1.58. The molecule has 5 rings (SSSR count). The topological polar surface area (TPSA) is 77.1 Å². The Morgan fingerprint density at radius 3 is 2.61 bits per heavy atom. The van der Waals surface area contributed by atoms with Gasteiger partial charge in [-0.05, 0) is 54.1 Å². The number of fused-ring (bicyclic) bond motifs is 1. The second kappa shape index (κ2) is 9.07. The largest absolute Gasteiger partial charge is 0.497 e. The van der Waals surface area contributed by atoms with E-state index in [9.17, 15) is 9.59 Å². The van der Waals surface area contributed by atoms with Crippen molar-refractivity contribution in [2.24, 2.45) is 0 Å². The molecule has 8 heteroatoms. The normalized spacial score (nSPS) is 17.1. The van der Waals surface area contributed by atoms with Crippen LogP contribution in [0.5, 0.6) is 17.2 Å². The van der Waals surface area contributed by atoms with E-state index >= 15 is 0 Å². The number of methoxy groups -OCH3 is 1. The van der Waals surface area contributed by atoms with Crippen molar-refractivity contribution in [1.82, 2.24) is 0 Å². The minimum absolute atomic E-state index is 0.0225. The van der Waals surface area contributed by atoms with E-state index in [1.807, 2.05) is 42.5 Å². The highest BCUT2D eigenvalue weighted by molar-refractivity contribution is 8.00. The highest BCUT2D eigenvalue weighted by Crippen LogP contribution is 2.44. The van der Waals surface area contributed by atoms with Gasteiger partial charge < -0.3 is 19.5 Å². The second-order valence-corrected chi connectivity index (χ2v) is 8.63. The lowest BCUT2D eigenvalue weighted by Crippen LogP contribution is -2.28. The monoisotopic (exact) mass is 462 g/mol. The Morgan fingerprint density at radius 1 is 1.03 bits per heavy atom. The Bertz CT molecular complexity index is 1200. The fourth-order valence-corrected chi connectivity index (χ4v) is 5.01. The van der Waals surface area contributed by atoms with Gasteiger partial charge >= 0.3 is 0 Å². The summed E-state index contributed by atoms with van der Waals surface area (Å²) < 4.78 is 16.4. The van der Waals surface area contributed by atoms with Gasteiger partial charge in [0.15, 0.2) is 11.5 Å². The standard InChI is InChI=1S/C25H22N2O5S/c1-30-20-8-5-16(6-9-20)24(29)26-18-4-2-3-17(13-18)25-27(23(28)15-33-25)19-7-10-21-22(14-19)32-12-11-31-21/h2-10,13-14,25H,11-12,15H2,1H3,(H,26,29). The van der Waals surface area contributed by atoms with Gasteiger partial charge in [-0.15, -0.1) is 11.8 Å². The van der Waals surface area contributed by atoms with Gasteiger partial charge in [0.05, 0.1) is 12.9 Å². The van der Waals surface area contributed by atoms with Crippen molar-refractivity contribution >= 4 is 35.0 Å². The zero-order valence-electron chi connectivity index (χ0n) is 17.9. The van der Waals surface area contributed by atoms with E-state index in [4.69, 9.17) is 14.2 Å². The van der Waals surface area contributed by atoms with Crippen LogP contribution in [0.1, 0.15) is 21.3 Å². The summed E-state index contributed by atoms with van der Waals surface area (Å²) in [5.74, 6) is 2.20. The van der Waals surface area contributed by atoms with E-state index in [1.54, 1.807) is 48.0 Å². The number of hydrogen-bond donors (Lipinski definition) is 1. The van der Waals surface area contributed by atoms with Crippen LogP contribution in [0.3, 0.4) is 0 Å². The van der Waals surface area contributed by atoms with Gasteiger partial charge in [0.1, 0.15) is 24.3 Å². The number of carbonyl (C=O) groups excluding carboxylic acids is 2. The minimum atomic E-state index is -0.214. The number of thioether (sulfide) groups is 1. The molecule has 33 heavy (non-hydrogen) atoms. The third-order valence-corrected chi connectivity index (χ3v) is 6.67. The summed E-state index contributed by atoms with van der Waals surface area (Å²) in [4.78, 5) is 27.2. The Balaban J connectivity index is 1.38. The van der Waals surface area contributed by atoms with Crippen molar-refractivity contribution in [1.29, 1.82) is 0 Å². The summed E-state index contributed by atoms with van der Waals surface area (Å²) in [6.07, 6.45) is 0. The average Bonchev–Trinajstić information content (AvgIpc) is 3.25. The molecule has 2 aliphatic rings. The molecule has 0 bridgehead atoms. The zero-order valence-corrected chi connectivity index (χ0v) is 18.8. The maximum absolute atomic E-state index is 12.8. The van der Waals surface area contributed by atoms with Gasteiger partial charge in [-0.2, -0.15) is 0 Å². The maximum atomic E-state index is 12.8. The lowest BCUT2D eigenvalue weighted by molar-refractivity contribution is -0.115. The fraction of sp³-hybridized carbons (Fsp3) is 0.200. The van der Waals surface area contributed by atoms with Gasteiger partial charge in [0.25, 0.3) is 5.91 Å². The number of ether oxygens (including phenoxy) is 3. The molecule has 2 amide bonds. The summed E-state index contributed by atoms with van der Waals surface area (Å²) in [5.41, 5.74) is 2.88. The Kier molecular flexibility index (Phi) is 5.83. The molecule has 0 saturated carbocycles. The molecule has 1 N–H and O–H groups in total. The van der Waals surface area contributed by atoms with Gasteiger partial charge in [0.2, 0.25) is 5.91 Å². The number of benzene rings is 3. The van der Waals surface area contributed by atoms with E-state index in [0.29, 0.717) is 47.5 Å². The molecule has 2 heterocycles. The number of carbonyl (C=O) groups is 2. The van der Waals surface area contributed by atoms with E-state index in [-0.39, 0.29) is 17.2 Å². The minimum Gasteiger partial charge on any atom is -0.497 e. The van der Waals surface area contributed by atoms with Crippen molar-refractivity contribution < 1.29 is 23.8 Å². The van der Waals surface area contributed by atoms with Crippen molar-refractivity contribution in [3.05, 3.63) is 77.9 Å². The fourth-order valence-electron chi connectivity index (χ4n) is 3.85. The van der Waals surface area contributed by atoms with Gasteiger partial charge in [-0.3, -0.25) is 14.5 Å². The molecule has 2 aliphatic heterocycles. The molecule has 3 aromatic rings. The lowest BCUT2D eigenvalue weighted by Gasteiger charge is -2.26. The van der Waals surface area contributed by atoms with Gasteiger partial charge in [-0.1, -0.05) is 12.1 Å². The van der Waals surface area contributed by atoms with E-state index < -0.39 is 0 Å². The van der Waals surface area contributed by atoms with Crippen LogP contribution in [0.2, 0.25) is 0 Å². The lowest BCUT2D eigenvalue weighted by atomic mass is 10.1. The first-order valence-electron chi connectivity index (χ1n) is 10.5. The van der Waals surface area contributed by atoms with Crippen LogP contribution in [0.25, 0.3) is 0 Å². The third-order valence-electron chi connectivity index (χ3n) is 5.45. The van der Waals surface area contributed by atoms with Crippen LogP contribution in [-0.4, -0.2) is 37.9 Å². The number of rotatable bonds is 5. The molecule has 0 aromatic heterocycles. The summed E-state index contributed by atoms with van der Waals surface area (Å²) in [6.45, 7) is 1.00. The average molecular weight is 463 g/mol. The second-order valence-electron chi connectivity index (χ2n) is 7.56. The van der Waals surface area contributed by atoms with E-state index in [0.717, 1.165) is 11.3 Å². The third kappa shape index (κ3) is 4.34. The highest BCUT2D eigenvalue weighted by Gasteiger charge is 2.35. The molecule has 1 atom stereocenters. The molecule has 7 nitrogen and oxygen atoms in total. The smallest absolute Gasteiger partial charge is 0.255 e. The predicted octanol–water partition coefficient (Wildman–Crippen LogP) is 4.50. The molecule has 1 saturated heterocycles. The number of nitrogens with zero attached hydrogens (tertiary/aromatic N) is 1. The van der Waals surface area contributed by atoms with Crippen LogP contribution in [0, 0.1) is 0 Å². The molecule has 0 aliphatic carbocycles. The molecular formula is C25H22N2O5S. The molecular weight excluding hydrogens is 440 g/mol. The number of amides is 2. The molecule has 3 aromatic carbocycles.